The van der Waals surface area contributed by atoms with Crippen molar-refractivity contribution < 1.29 is 24.2 Å². The van der Waals surface area contributed by atoms with Gasteiger partial charge in [0.2, 0.25) is 5.91 Å². The molecule has 0 aliphatic heterocycles. The number of benzene rings is 2. The van der Waals surface area contributed by atoms with E-state index in [1.807, 2.05) is 36.4 Å². The van der Waals surface area contributed by atoms with Gasteiger partial charge in [0.1, 0.15) is 12.6 Å². The molecule has 0 spiro atoms. The van der Waals surface area contributed by atoms with Crippen LogP contribution in [0.5, 0.6) is 0 Å². The summed E-state index contributed by atoms with van der Waals surface area (Å²) in [6.07, 6.45) is 0.969. The van der Waals surface area contributed by atoms with Crippen molar-refractivity contribution in [1.29, 1.82) is 0 Å². The van der Waals surface area contributed by atoms with Crippen LogP contribution in [0.4, 0.5) is 4.79 Å². The van der Waals surface area contributed by atoms with Gasteiger partial charge < -0.3 is 20.5 Å². The number of carboxylic acid groups (broad SMARTS) is 1. The molecule has 7 nitrogen and oxygen atoms in total. The second kappa shape index (κ2) is 10.3. The van der Waals surface area contributed by atoms with Gasteiger partial charge in [0.05, 0.1) is 0 Å². The molecule has 0 saturated heterocycles. The third-order valence-electron chi connectivity index (χ3n) is 7.39. The largest absolute Gasteiger partial charge is 0.481 e. The summed E-state index contributed by atoms with van der Waals surface area (Å²) >= 11 is 0. The zero-order valence-corrected chi connectivity index (χ0v) is 19.6. The Morgan fingerprint density at radius 3 is 2.18 bits per heavy atom. The molecule has 4 unspecified atom stereocenters. The molecule has 4 rings (SSSR count). The van der Waals surface area contributed by atoms with E-state index in [1.54, 1.807) is 0 Å². The fourth-order valence-electron chi connectivity index (χ4n) is 5.17. The molecule has 0 aromatic heterocycles. The van der Waals surface area contributed by atoms with Gasteiger partial charge in [-0.05, 0) is 53.4 Å². The fourth-order valence-corrected chi connectivity index (χ4v) is 5.17. The Morgan fingerprint density at radius 1 is 1.00 bits per heavy atom. The number of amides is 2. The van der Waals surface area contributed by atoms with Crippen LogP contribution >= 0.6 is 0 Å². The maximum atomic E-state index is 12.9. The van der Waals surface area contributed by atoms with Gasteiger partial charge >= 0.3 is 12.1 Å². The lowest BCUT2D eigenvalue weighted by Crippen LogP contribution is -2.50. The first kappa shape index (κ1) is 23.8. The molecule has 2 aliphatic carbocycles. The number of alkyl carbamates (subject to hydrolysis) is 1. The standard InChI is InChI=1S/C27H32N2O5/c1-16-11-12-23(17(16)2)28-26(32)24(13-14-25(30)31)29-27(33)34-15-22-20-9-5-3-7-18(20)19-8-4-6-10-21(19)22/h3-10,16-17,22-24H,11-15H2,1-2H3,(H,28,32)(H,29,33)(H,30,31). The molecule has 2 aliphatic rings. The molecule has 3 N–H and O–H groups in total. The predicted molar refractivity (Wildman–Crippen MR) is 128 cm³/mol. The van der Waals surface area contributed by atoms with Crippen molar-refractivity contribution in [2.75, 3.05) is 6.61 Å². The molecule has 2 aromatic rings. The van der Waals surface area contributed by atoms with E-state index in [-0.39, 0.29) is 37.3 Å². The van der Waals surface area contributed by atoms with Crippen LogP contribution in [0.1, 0.15) is 56.6 Å². The molecule has 0 bridgehead atoms. The smallest absolute Gasteiger partial charge is 0.407 e. The Bertz CT molecular complexity index is 1020. The highest BCUT2D eigenvalue weighted by Gasteiger charge is 2.34. The van der Waals surface area contributed by atoms with Crippen LogP contribution in [0.25, 0.3) is 11.1 Å². The molecule has 0 heterocycles. The number of hydrogen-bond donors (Lipinski definition) is 3. The van der Waals surface area contributed by atoms with Gasteiger partial charge in [-0.2, -0.15) is 0 Å². The highest BCUT2D eigenvalue weighted by molar-refractivity contribution is 5.86. The van der Waals surface area contributed by atoms with Crippen LogP contribution in [-0.2, 0) is 14.3 Å². The van der Waals surface area contributed by atoms with Crippen molar-refractivity contribution in [3.05, 3.63) is 59.7 Å². The second-order valence-electron chi connectivity index (χ2n) is 9.48. The molecule has 0 radical (unpaired) electrons. The van der Waals surface area contributed by atoms with Gasteiger partial charge in [-0.25, -0.2) is 4.79 Å². The molecule has 180 valence electrons. The number of nitrogens with one attached hydrogen (secondary N) is 2. The lowest BCUT2D eigenvalue weighted by molar-refractivity contribution is -0.137. The average molecular weight is 465 g/mol. The molecule has 2 aromatic carbocycles. The number of aliphatic carboxylic acids is 1. The van der Waals surface area contributed by atoms with Crippen LogP contribution in [-0.4, -0.2) is 41.8 Å². The predicted octanol–water partition coefficient (Wildman–Crippen LogP) is 4.31. The zero-order chi connectivity index (χ0) is 24.2. The van der Waals surface area contributed by atoms with E-state index in [2.05, 4.69) is 36.6 Å². The van der Waals surface area contributed by atoms with Crippen molar-refractivity contribution >= 4 is 18.0 Å². The number of fused-ring (bicyclic) bond motifs is 3. The minimum atomic E-state index is -1.02. The second-order valence-corrected chi connectivity index (χ2v) is 9.48. The van der Waals surface area contributed by atoms with E-state index >= 15 is 0 Å². The maximum absolute atomic E-state index is 12.9. The molecular formula is C27H32N2O5. The summed E-state index contributed by atoms with van der Waals surface area (Å²) in [5.74, 6) is -0.627. The van der Waals surface area contributed by atoms with Crippen LogP contribution in [0, 0.1) is 11.8 Å². The molecule has 1 fully saturated rings. The first-order valence-electron chi connectivity index (χ1n) is 12.0. The Morgan fingerprint density at radius 2 is 1.62 bits per heavy atom. The molecule has 2 amide bonds. The first-order chi connectivity index (χ1) is 16.3. The molecule has 7 heteroatoms. The quantitative estimate of drug-likeness (QED) is 0.540. The Kier molecular flexibility index (Phi) is 7.20. The Labute approximate surface area is 199 Å². The topological polar surface area (TPSA) is 105 Å². The maximum Gasteiger partial charge on any atom is 0.407 e. The normalized spacial score (nSPS) is 21.9. The van der Waals surface area contributed by atoms with Gasteiger partial charge in [0.15, 0.2) is 0 Å². The molecule has 4 atom stereocenters. The van der Waals surface area contributed by atoms with E-state index in [9.17, 15) is 14.4 Å². The van der Waals surface area contributed by atoms with Gasteiger partial charge in [-0.1, -0.05) is 62.4 Å². The van der Waals surface area contributed by atoms with Crippen molar-refractivity contribution in [3.63, 3.8) is 0 Å². The third-order valence-corrected chi connectivity index (χ3v) is 7.39. The van der Waals surface area contributed by atoms with E-state index in [1.165, 1.54) is 0 Å². The Hall–Kier alpha value is -3.35. The van der Waals surface area contributed by atoms with Crippen LogP contribution in [0.2, 0.25) is 0 Å². The summed E-state index contributed by atoms with van der Waals surface area (Å²) in [5, 5.41) is 14.7. The lowest BCUT2D eigenvalue weighted by atomic mass is 9.97. The van der Waals surface area contributed by atoms with Gasteiger partial charge in [-0.3, -0.25) is 9.59 Å². The number of rotatable bonds is 8. The van der Waals surface area contributed by atoms with Gasteiger partial charge in [0, 0.05) is 18.4 Å². The summed E-state index contributed by atoms with van der Waals surface area (Å²) in [6, 6.07) is 15.2. The van der Waals surface area contributed by atoms with Gasteiger partial charge in [0.25, 0.3) is 0 Å². The summed E-state index contributed by atoms with van der Waals surface area (Å²) < 4.78 is 5.56. The highest BCUT2D eigenvalue weighted by atomic mass is 16.5. The Balaban J connectivity index is 1.40. The highest BCUT2D eigenvalue weighted by Crippen LogP contribution is 2.44. The van der Waals surface area contributed by atoms with Crippen LogP contribution in [0.3, 0.4) is 0 Å². The van der Waals surface area contributed by atoms with Gasteiger partial charge in [-0.15, -0.1) is 0 Å². The summed E-state index contributed by atoms with van der Waals surface area (Å²) in [5.41, 5.74) is 4.46. The summed E-state index contributed by atoms with van der Waals surface area (Å²) in [6.45, 7) is 4.39. The van der Waals surface area contributed by atoms with Crippen molar-refractivity contribution in [2.24, 2.45) is 11.8 Å². The van der Waals surface area contributed by atoms with E-state index in [4.69, 9.17) is 9.84 Å². The van der Waals surface area contributed by atoms with Crippen molar-refractivity contribution in [1.82, 2.24) is 10.6 Å². The SMILES string of the molecule is CC1CCC(NC(=O)C(CCC(=O)O)NC(=O)OCC2c3ccccc3-c3ccccc32)C1C. The molecular weight excluding hydrogens is 432 g/mol. The van der Waals surface area contributed by atoms with Crippen molar-refractivity contribution in [3.8, 4) is 11.1 Å². The van der Waals surface area contributed by atoms with E-state index < -0.39 is 18.1 Å². The molecule has 1 saturated carbocycles. The summed E-state index contributed by atoms with van der Waals surface area (Å²) in [4.78, 5) is 36.7. The number of ether oxygens (including phenoxy) is 1. The molecule has 34 heavy (non-hydrogen) atoms. The van der Waals surface area contributed by atoms with Crippen LogP contribution < -0.4 is 10.6 Å². The number of carbonyl (C=O) groups is 3. The number of carboxylic acids is 1. The fraction of sp³-hybridized carbons (Fsp3) is 0.444. The number of carbonyl (C=O) groups excluding carboxylic acids is 2. The summed E-state index contributed by atoms with van der Waals surface area (Å²) in [7, 11) is 0. The first-order valence-corrected chi connectivity index (χ1v) is 12.0. The minimum Gasteiger partial charge on any atom is -0.481 e. The average Bonchev–Trinajstić information content (AvgIpc) is 3.32. The minimum absolute atomic E-state index is 0.00200. The third kappa shape index (κ3) is 5.08. The van der Waals surface area contributed by atoms with Crippen LogP contribution in [0.15, 0.2) is 48.5 Å². The zero-order valence-electron chi connectivity index (χ0n) is 19.6. The monoisotopic (exact) mass is 464 g/mol. The van der Waals surface area contributed by atoms with E-state index in [0.717, 1.165) is 35.1 Å². The number of hydrogen-bond acceptors (Lipinski definition) is 4. The van der Waals surface area contributed by atoms with E-state index in [0.29, 0.717) is 11.8 Å². The van der Waals surface area contributed by atoms with Crippen molar-refractivity contribution in [2.45, 2.75) is 57.5 Å². The lowest BCUT2D eigenvalue weighted by Gasteiger charge is -2.24.